The Morgan fingerprint density at radius 1 is 1.39 bits per heavy atom. The predicted molar refractivity (Wildman–Crippen MR) is 69.8 cm³/mol. The van der Waals surface area contributed by atoms with Crippen molar-refractivity contribution >= 4 is 32.1 Å². The summed E-state index contributed by atoms with van der Waals surface area (Å²) in [4.78, 5) is 10.8. The first-order chi connectivity index (χ1) is 8.49. The summed E-state index contributed by atoms with van der Waals surface area (Å²) >= 11 is 3.15. The number of nitrogens with one attached hydrogen (secondary N) is 1. The van der Waals surface area contributed by atoms with E-state index in [0.29, 0.717) is 10.9 Å². The summed E-state index contributed by atoms with van der Waals surface area (Å²) in [5.74, 6) is 5.60. The van der Waals surface area contributed by atoms with Crippen molar-refractivity contribution in [1.29, 1.82) is 0 Å². The monoisotopic (exact) mass is 331 g/mol. The lowest BCUT2D eigenvalue weighted by Gasteiger charge is -2.04. The van der Waals surface area contributed by atoms with Crippen LogP contribution in [0.5, 0.6) is 0 Å². The highest BCUT2D eigenvalue weighted by molar-refractivity contribution is 9.09. The summed E-state index contributed by atoms with van der Waals surface area (Å²) < 4.78 is 27.5. The molecule has 0 fully saturated rings. The van der Waals surface area contributed by atoms with Crippen LogP contribution in [0.1, 0.15) is 5.56 Å². The van der Waals surface area contributed by atoms with Crippen LogP contribution in [0.15, 0.2) is 29.2 Å². The highest BCUT2D eigenvalue weighted by Gasteiger charge is 2.18. The molecule has 1 rings (SSSR count). The quantitative estimate of drug-likeness (QED) is 0.506. The Morgan fingerprint density at radius 2 is 2.00 bits per heavy atom. The molecule has 0 aliphatic rings. The molecule has 1 N–H and O–H groups in total. The van der Waals surface area contributed by atoms with Gasteiger partial charge in [0.2, 0.25) is 0 Å². The molecule has 0 saturated heterocycles. The van der Waals surface area contributed by atoms with Gasteiger partial charge in [-0.05, 0) is 24.3 Å². The smallest absolute Gasteiger partial charge is 0.324 e. The largest absolute Gasteiger partial charge is 0.422 e. The molecule has 0 aliphatic heterocycles. The lowest BCUT2D eigenvalue weighted by Crippen LogP contribution is -2.23. The zero-order valence-electron chi connectivity index (χ0n) is 9.44. The van der Waals surface area contributed by atoms with E-state index in [0.717, 1.165) is 0 Å². The number of rotatable bonds is 2. The molecule has 1 aromatic rings. The van der Waals surface area contributed by atoms with Gasteiger partial charge in [-0.3, -0.25) is 0 Å². The molecule has 96 valence electrons. The highest BCUT2D eigenvalue weighted by Crippen LogP contribution is 2.13. The number of halogens is 1. The molecule has 0 radical (unpaired) electrons. The molecule has 0 saturated carbocycles. The van der Waals surface area contributed by atoms with Crippen molar-refractivity contribution in [3.63, 3.8) is 0 Å². The zero-order chi connectivity index (χ0) is 13.6. The molecule has 5 nitrogen and oxygen atoms in total. The molecule has 7 heteroatoms. The van der Waals surface area contributed by atoms with Gasteiger partial charge < -0.3 is 9.50 Å². The molecule has 0 unspecified atom stereocenters. The number of benzene rings is 1. The maximum absolute atomic E-state index is 11.6. The average molecular weight is 332 g/mol. The van der Waals surface area contributed by atoms with E-state index in [2.05, 4.69) is 37.3 Å². The minimum absolute atomic E-state index is 0.101. The first-order valence-corrected chi connectivity index (χ1v) is 7.33. The number of alkyl halides is 1. The maximum Gasteiger partial charge on any atom is 0.422 e. The van der Waals surface area contributed by atoms with Gasteiger partial charge in [0, 0.05) is 12.6 Å². The van der Waals surface area contributed by atoms with E-state index < -0.39 is 16.2 Å². The second kappa shape index (κ2) is 6.42. The predicted octanol–water partition coefficient (Wildman–Crippen LogP) is 1.48. The van der Waals surface area contributed by atoms with Crippen LogP contribution < -0.4 is 5.32 Å². The molecule has 0 aromatic heterocycles. The zero-order valence-corrected chi connectivity index (χ0v) is 11.8. The fourth-order valence-corrected chi connectivity index (χ4v) is 2.02. The van der Waals surface area contributed by atoms with Crippen LogP contribution in [0, 0.1) is 11.8 Å². The topological polar surface area (TPSA) is 72.5 Å². The Hall–Kier alpha value is -1.52. The fourth-order valence-electron chi connectivity index (χ4n) is 1.03. The second-order valence-electron chi connectivity index (χ2n) is 3.03. The van der Waals surface area contributed by atoms with Crippen LogP contribution >= 0.6 is 15.9 Å². The Balaban J connectivity index is 2.94. The van der Waals surface area contributed by atoms with Gasteiger partial charge in [0.05, 0.1) is 5.33 Å². The second-order valence-corrected chi connectivity index (χ2v) is 5.14. The maximum atomic E-state index is 11.6. The third-order valence-corrected chi connectivity index (χ3v) is 3.33. The Kier molecular flexibility index (Phi) is 5.19. The minimum Gasteiger partial charge on any atom is -0.324 e. The van der Waals surface area contributed by atoms with Crippen LogP contribution in [-0.2, 0) is 14.3 Å². The number of amides is 1. The Bertz CT molecular complexity index is 584. The summed E-state index contributed by atoms with van der Waals surface area (Å²) in [5.41, 5.74) is 0.674. The van der Waals surface area contributed by atoms with E-state index in [1.807, 2.05) is 0 Å². The van der Waals surface area contributed by atoms with Crippen LogP contribution in [0.4, 0.5) is 4.79 Å². The first kappa shape index (κ1) is 14.5. The van der Waals surface area contributed by atoms with Crippen LogP contribution in [0.2, 0.25) is 0 Å². The lowest BCUT2D eigenvalue weighted by molar-refractivity contribution is 0.205. The van der Waals surface area contributed by atoms with E-state index in [1.54, 1.807) is 0 Å². The average Bonchev–Trinajstić information content (AvgIpc) is 2.36. The molecule has 1 aromatic carbocycles. The van der Waals surface area contributed by atoms with E-state index >= 15 is 0 Å². The van der Waals surface area contributed by atoms with Gasteiger partial charge in [-0.2, -0.15) is 8.42 Å². The van der Waals surface area contributed by atoms with Crippen molar-refractivity contribution in [2.75, 3.05) is 12.4 Å². The number of carbonyl (C=O) groups is 1. The first-order valence-electron chi connectivity index (χ1n) is 4.80. The fraction of sp³-hybridized carbons (Fsp3) is 0.182. The summed E-state index contributed by atoms with van der Waals surface area (Å²) in [7, 11) is -2.80. The molecular formula is C11H10BrNO4S. The van der Waals surface area contributed by atoms with E-state index in [1.165, 1.54) is 31.3 Å². The molecule has 0 aliphatic carbocycles. The minimum atomic E-state index is -4.08. The van der Waals surface area contributed by atoms with Crippen LogP contribution in [0.25, 0.3) is 0 Å². The molecule has 1 amide bonds. The molecule has 0 heterocycles. The number of hydrogen-bond donors (Lipinski definition) is 1. The van der Waals surface area contributed by atoms with Gasteiger partial charge >= 0.3 is 16.2 Å². The van der Waals surface area contributed by atoms with Gasteiger partial charge in [0.15, 0.2) is 0 Å². The number of carbonyl (C=O) groups excluding carboxylic acids is 1. The van der Waals surface area contributed by atoms with E-state index in [4.69, 9.17) is 0 Å². The van der Waals surface area contributed by atoms with Crippen molar-refractivity contribution in [1.82, 2.24) is 5.32 Å². The van der Waals surface area contributed by atoms with Gasteiger partial charge in [-0.25, -0.2) is 4.79 Å². The third kappa shape index (κ3) is 4.05. The molecule has 18 heavy (non-hydrogen) atoms. The number of hydrogen-bond acceptors (Lipinski definition) is 4. The van der Waals surface area contributed by atoms with Gasteiger partial charge in [-0.1, -0.05) is 27.8 Å². The highest BCUT2D eigenvalue weighted by atomic mass is 79.9. The van der Waals surface area contributed by atoms with Crippen molar-refractivity contribution in [3.8, 4) is 11.8 Å². The Morgan fingerprint density at radius 3 is 2.50 bits per heavy atom. The van der Waals surface area contributed by atoms with Crippen molar-refractivity contribution in [2.45, 2.75) is 4.90 Å². The van der Waals surface area contributed by atoms with Crippen LogP contribution in [0.3, 0.4) is 0 Å². The van der Waals surface area contributed by atoms with Gasteiger partial charge in [-0.15, -0.1) is 0 Å². The summed E-state index contributed by atoms with van der Waals surface area (Å²) in [5, 5.41) is 2.60. The van der Waals surface area contributed by atoms with Crippen LogP contribution in [-0.4, -0.2) is 26.9 Å². The van der Waals surface area contributed by atoms with Crippen molar-refractivity contribution in [2.24, 2.45) is 0 Å². The molecule has 0 bridgehead atoms. The summed E-state index contributed by atoms with van der Waals surface area (Å²) in [6.07, 6.45) is -1.03. The standard InChI is InChI=1S/C11H10BrNO4S/c1-13-11(14)17-18(15,16)10-6-4-9(5-7-10)3-2-8-12/h4-7H,8H2,1H3,(H,13,14). The molecular weight excluding hydrogens is 322 g/mol. The van der Waals surface area contributed by atoms with Crippen molar-refractivity contribution in [3.05, 3.63) is 29.8 Å². The van der Waals surface area contributed by atoms with Crippen molar-refractivity contribution < 1.29 is 17.4 Å². The normalized spacial score (nSPS) is 10.1. The third-order valence-electron chi connectivity index (χ3n) is 1.83. The van der Waals surface area contributed by atoms with E-state index in [-0.39, 0.29) is 4.90 Å². The van der Waals surface area contributed by atoms with Gasteiger partial charge in [0.25, 0.3) is 0 Å². The SMILES string of the molecule is CNC(=O)OS(=O)(=O)c1ccc(C#CCBr)cc1. The van der Waals surface area contributed by atoms with Gasteiger partial charge in [0.1, 0.15) is 4.90 Å². The molecule has 0 spiro atoms. The van der Waals surface area contributed by atoms with E-state index in [9.17, 15) is 13.2 Å². The Labute approximate surface area is 114 Å². The lowest BCUT2D eigenvalue weighted by atomic mass is 10.2. The summed E-state index contributed by atoms with van der Waals surface area (Å²) in [6.45, 7) is 0. The summed E-state index contributed by atoms with van der Waals surface area (Å²) in [6, 6.07) is 5.73. The molecule has 0 atom stereocenters.